The summed E-state index contributed by atoms with van der Waals surface area (Å²) in [5.74, 6) is 0. The lowest BCUT2D eigenvalue weighted by Gasteiger charge is -2.14. The van der Waals surface area contributed by atoms with Crippen LogP contribution in [0.4, 0.5) is 5.69 Å². The molecule has 5 nitrogen and oxygen atoms in total. The third-order valence-corrected chi connectivity index (χ3v) is 2.59. The van der Waals surface area contributed by atoms with Crippen LogP contribution in [0.2, 0.25) is 0 Å². The van der Waals surface area contributed by atoms with Gasteiger partial charge in [-0.15, -0.1) is 0 Å². The Kier molecular flexibility index (Phi) is 5.13. The SMILES string of the molecule is O=NCCOC1C=CC(N=Nc2ccccc2)=CC1. The molecule has 98 valence electrons. The van der Waals surface area contributed by atoms with E-state index in [-0.39, 0.29) is 12.6 Å². The number of benzene rings is 1. The van der Waals surface area contributed by atoms with Gasteiger partial charge in [0.2, 0.25) is 0 Å². The molecule has 0 N–H and O–H groups in total. The molecule has 0 heterocycles. The van der Waals surface area contributed by atoms with Gasteiger partial charge in [-0.2, -0.15) is 15.1 Å². The van der Waals surface area contributed by atoms with E-state index in [4.69, 9.17) is 4.74 Å². The van der Waals surface area contributed by atoms with Crippen LogP contribution in [0.1, 0.15) is 6.42 Å². The Morgan fingerprint density at radius 1 is 1.21 bits per heavy atom. The summed E-state index contributed by atoms with van der Waals surface area (Å²) in [4.78, 5) is 9.93. The summed E-state index contributed by atoms with van der Waals surface area (Å²) in [5.41, 5.74) is 1.64. The summed E-state index contributed by atoms with van der Waals surface area (Å²) in [6.07, 6.45) is 6.49. The highest BCUT2D eigenvalue weighted by Gasteiger charge is 2.08. The molecule has 0 aliphatic heterocycles. The van der Waals surface area contributed by atoms with Gasteiger partial charge in [-0.1, -0.05) is 35.5 Å². The van der Waals surface area contributed by atoms with E-state index in [9.17, 15) is 4.91 Å². The average molecular weight is 257 g/mol. The van der Waals surface area contributed by atoms with Crippen molar-refractivity contribution in [3.05, 3.63) is 59.2 Å². The lowest BCUT2D eigenvalue weighted by atomic mass is 10.1. The number of nitrogens with zero attached hydrogens (tertiary/aromatic N) is 3. The highest BCUT2D eigenvalue weighted by atomic mass is 16.5. The smallest absolute Gasteiger partial charge is 0.104 e. The molecule has 0 bridgehead atoms. The topological polar surface area (TPSA) is 63.4 Å². The van der Waals surface area contributed by atoms with E-state index in [0.717, 1.165) is 17.8 Å². The first-order valence-corrected chi connectivity index (χ1v) is 6.14. The molecule has 0 amide bonds. The maximum absolute atomic E-state index is 9.93. The van der Waals surface area contributed by atoms with Crippen LogP contribution in [-0.2, 0) is 4.74 Å². The Bertz CT molecular complexity index is 495. The van der Waals surface area contributed by atoms with Crippen LogP contribution in [0.5, 0.6) is 0 Å². The maximum Gasteiger partial charge on any atom is 0.104 e. The molecule has 0 spiro atoms. The van der Waals surface area contributed by atoms with Crippen LogP contribution in [0.15, 0.2) is 69.7 Å². The third-order valence-electron chi connectivity index (χ3n) is 2.59. The van der Waals surface area contributed by atoms with Gasteiger partial charge in [0.05, 0.1) is 24.1 Å². The second-order valence-corrected chi connectivity index (χ2v) is 4.02. The van der Waals surface area contributed by atoms with Crippen molar-refractivity contribution >= 4 is 5.69 Å². The van der Waals surface area contributed by atoms with Gasteiger partial charge in [0.1, 0.15) is 6.54 Å². The van der Waals surface area contributed by atoms with Crippen LogP contribution in [0.3, 0.4) is 0 Å². The van der Waals surface area contributed by atoms with Gasteiger partial charge in [0.25, 0.3) is 0 Å². The van der Waals surface area contributed by atoms with E-state index in [1.54, 1.807) is 0 Å². The van der Waals surface area contributed by atoms with Crippen LogP contribution in [0.25, 0.3) is 0 Å². The summed E-state index contributed by atoms with van der Waals surface area (Å²) in [6, 6.07) is 9.58. The number of nitroso groups, excluding NO2 is 1. The molecule has 1 aliphatic rings. The highest BCUT2D eigenvalue weighted by molar-refractivity contribution is 5.35. The highest BCUT2D eigenvalue weighted by Crippen LogP contribution is 2.17. The molecule has 0 radical (unpaired) electrons. The van der Waals surface area contributed by atoms with Gasteiger partial charge in [0.15, 0.2) is 0 Å². The predicted octanol–water partition coefficient (Wildman–Crippen LogP) is 3.77. The van der Waals surface area contributed by atoms with Crippen LogP contribution in [0, 0.1) is 4.91 Å². The van der Waals surface area contributed by atoms with Crippen molar-refractivity contribution < 1.29 is 4.74 Å². The molecule has 1 atom stereocenters. The molecule has 19 heavy (non-hydrogen) atoms. The first-order valence-electron chi connectivity index (χ1n) is 6.14. The molecule has 5 heteroatoms. The molecule has 0 fully saturated rings. The van der Waals surface area contributed by atoms with E-state index in [1.807, 2.05) is 48.6 Å². The summed E-state index contributed by atoms with van der Waals surface area (Å²) < 4.78 is 5.44. The molecule has 0 saturated carbocycles. The monoisotopic (exact) mass is 257 g/mol. The quantitative estimate of drug-likeness (QED) is 0.442. The minimum atomic E-state index is -0.00238. The molecule has 1 aliphatic carbocycles. The fourth-order valence-electron chi connectivity index (χ4n) is 1.64. The van der Waals surface area contributed by atoms with Crippen molar-refractivity contribution in [3.8, 4) is 0 Å². The Labute approximate surface area is 111 Å². The first-order chi connectivity index (χ1) is 9.38. The molecule has 0 saturated heterocycles. The minimum absolute atomic E-state index is 0.00238. The van der Waals surface area contributed by atoms with Gasteiger partial charge >= 0.3 is 0 Å². The van der Waals surface area contributed by atoms with E-state index in [2.05, 4.69) is 15.4 Å². The summed E-state index contributed by atoms with van der Waals surface area (Å²) in [6.45, 7) is 0.543. The Morgan fingerprint density at radius 2 is 2.05 bits per heavy atom. The van der Waals surface area contributed by atoms with E-state index < -0.39 is 0 Å². The zero-order chi connectivity index (χ0) is 13.3. The predicted molar refractivity (Wildman–Crippen MR) is 73.2 cm³/mol. The first kappa shape index (κ1) is 13.3. The Morgan fingerprint density at radius 3 is 2.74 bits per heavy atom. The standard InChI is InChI=1S/C14H15N3O2/c18-15-10-11-19-14-8-6-13(7-9-14)17-16-12-4-2-1-3-5-12/h1-8,14H,9-11H2. The van der Waals surface area contributed by atoms with E-state index in [0.29, 0.717) is 6.61 Å². The van der Waals surface area contributed by atoms with Crippen molar-refractivity contribution in [2.75, 3.05) is 13.2 Å². The number of allylic oxidation sites excluding steroid dienone is 1. The van der Waals surface area contributed by atoms with Crippen molar-refractivity contribution in [2.45, 2.75) is 12.5 Å². The van der Waals surface area contributed by atoms with E-state index in [1.165, 1.54) is 0 Å². The molecule has 1 unspecified atom stereocenters. The van der Waals surface area contributed by atoms with Crippen molar-refractivity contribution in [2.24, 2.45) is 15.4 Å². The zero-order valence-corrected chi connectivity index (χ0v) is 10.5. The lowest BCUT2D eigenvalue weighted by molar-refractivity contribution is 0.0926. The maximum atomic E-state index is 9.93. The van der Waals surface area contributed by atoms with E-state index >= 15 is 0 Å². The largest absolute Gasteiger partial charge is 0.372 e. The number of ether oxygens (including phenoxy) is 1. The summed E-state index contributed by atoms with van der Waals surface area (Å²) in [7, 11) is 0. The summed E-state index contributed by atoms with van der Waals surface area (Å²) >= 11 is 0. The van der Waals surface area contributed by atoms with Gasteiger partial charge < -0.3 is 4.74 Å². The van der Waals surface area contributed by atoms with Gasteiger partial charge in [-0.05, 0) is 24.6 Å². The molecule has 1 aromatic carbocycles. The number of rotatable bonds is 6. The second kappa shape index (κ2) is 7.33. The number of hydrogen-bond acceptors (Lipinski definition) is 5. The molecule has 1 aromatic rings. The van der Waals surface area contributed by atoms with Crippen molar-refractivity contribution in [3.63, 3.8) is 0 Å². The van der Waals surface area contributed by atoms with Gasteiger partial charge in [-0.3, -0.25) is 0 Å². The minimum Gasteiger partial charge on any atom is -0.372 e. The lowest BCUT2D eigenvalue weighted by Crippen LogP contribution is -2.13. The molecular formula is C14H15N3O2. The van der Waals surface area contributed by atoms with Crippen molar-refractivity contribution in [1.29, 1.82) is 0 Å². The fourth-order valence-corrected chi connectivity index (χ4v) is 1.64. The Balaban J connectivity index is 1.83. The summed E-state index contributed by atoms with van der Waals surface area (Å²) in [5, 5.41) is 11.0. The molecular weight excluding hydrogens is 242 g/mol. The van der Waals surface area contributed by atoms with Crippen molar-refractivity contribution in [1.82, 2.24) is 0 Å². The second-order valence-electron chi connectivity index (χ2n) is 4.02. The normalized spacial score (nSPS) is 18.5. The zero-order valence-electron chi connectivity index (χ0n) is 10.5. The van der Waals surface area contributed by atoms with Crippen LogP contribution >= 0.6 is 0 Å². The average Bonchev–Trinajstić information content (AvgIpc) is 2.48. The third kappa shape index (κ3) is 4.56. The molecule has 2 rings (SSSR count). The fraction of sp³-hybridized carbons (Fsp3) is 0.286. The number of azo groups is 1. The van der Waals surface area contributed by atoms with Crippen LogP contribution < -0.4 is 0 Å². The Hall–Kier alpha value is -2.14. The van der Waals surface area contributed by atoms with Crippen LogP contribution in [-0.4, -0.2) is 19.3 Å². The molecule has 0 aromatic heterocycles. The number of hydrogen-bond donors (Lipinski definition) is 0. The van der Waals surface area contributed by atoms with Gasteiger partial charge in [0, 0.05) is 0 Å². The van der Waals surface area contributed by atoms with Gasteiger partial charge in [-0.25, -0.2) is 0 Å².